The van der Waals surface area contributed by atoms with Gasteiger partial charge in [-0.1, -0.05) is 24.3 Å². The molecule has 0 saturated carbocycles. The summed E-state index contributed by atoms with van der Waals surface area (Å²) in [5.74, 6) is 0. The van der Waals surface area contributed by atoms with E-state index in [1.54, 1.807) is 0 Å². The van der Waals surface area contributed by atoms with Crippen LogP contribution in [0, 0.1) is 0 Å². The number of nitrogens with zero attached hydrogens (tertiary/aromatic N) is 3. The van der Waals surface area contributed by atoms with E-state index in [4.69, 9.17) is 0 Å². The zero-order valence-corrected chi connectivity index (χ0v) is 13.3. The lowest BCUT2D eigenvalue weighted by Crippen LogP contribution is -1.91. The molecule has 0 fully saturated rings. The minimum absolute atomic E-state index is 0.567. The minimum atomic E-state index is 0.567. The van der Waals surface area contributed by atoms with Gasteiger partial charge in [0.2, 0.25) is 0 Å². The minimum Gasteiger partial charge on any atom is -0.256 e. The van der Waals surface area contributed by atoms with Crippen LogP contribution < -0.4 is 0 Å². The van der Waals surface area contributed by atoms with Gasteiger partial charge in [-0.25, -0.2) is 9.97 Å². The van der Waals surface area contributed by atoms with Gasteiger partial charge in [0.05, 0.1) is 11.0 Å². The van der Waals surface area contributed by atoms with E-state index in [1.807, 2.05) is 30.5 Å². The predicted molar refractivity (Wildman–Crippen MR) is 87.7 cm³/mol. The first-order valence-electron chi connectivity index (χ1n) is 6.03. The molecule has 2 aromatic heterocycles. The van der Waals surface area contributed by atoms with Crippen LogP contribution >= 0.6 is 31.9 Å². The van der Waals surface area contributed by atoms with Gasteiger partial charge in [0.1, 0.15) is 4.60 Å². The summed E-state index contributed by atoms with van der Waals surface area (Å²) < 4.78 is 1.35. The highest BCUT2D eigenvalue weighted by Crippen LogP contribution is 2.32. The molecule has 20 heavy (non-hydrogen) atoms. The van der Waals surface area contributed by atoms with Gasteiger partial charge in [0.25, 0.3) is 0 Å². The van der Waals surface area contributed by atoms with Crippen LogP contribution in [0.15, 0.2) is 51.9 Å². The largest absolute Gasteiger partial charge is 0.256 e. The van der Waals surface area contributed by atoms with Crippen molar-refractivity contribution in [3.05, 3.63) is 51.9 Å². The molecule has 0 unspecified atom stereocenters. The third-order valence-corrected chi connectivity index (χ3v) is 4.30. The van der Waals surface area contributed by atoms with Crippen molar-refractivity contribution in [2.24, 2.45) is 0 Å². The molecule has 0 spiro atoms. The van der Waals surface area contributed by atoms with Crippen molar-refractivity contribution in [1.82, 2.24) is 15.0 Å². The highest BCUT2D eigenvalue weighted by atomic mass is 79.9. The standard InChI is InChI=1S/C15H7Br2N3/c16-14-10-5-6-11-12(13(10)19-15(17)20-14)9-4-2-1-3-8(9)7-18-11/h1-7H. The second-order valence-electron chi connectivity index (χ2n) is 4.48. The van der Waals surface area contributed by atoms with E-state index in [1.165, 1.54) is 0 Å². The Hall–Kier alpha value is -1.59. The van der Waals surface area contributed by atoms with Crippen LogP contribution in [0.3, 0.4) is 0 Å². The van der Waals surface area contributed by atoms with E-state index in [-0.39, 0.29) is 0 Å². The maximum atomic E-state index is 4.55. The topological polar surface area (TPSA) is 38.7 Å². The van der Waals surface area contributed by atoms with Crippen LogP contribution in [0.1, 0.15) is 0 Å². The number of hydrogen-bond donors (Lipinski definition) is 0. The van der Waals surface area contributed by atoms with Crippen molar-refractivity contribution in [2.75, 3.05) is 0 Å². The maximum Gasteiger partial charge on any atom is 0.198 e. The van der Waals surface area contributed by atoms with E-state index >= 15 is 0 Å². The smallest absolute Gasteiger partial charge is 0.198 e. The number of pyridine rings is 1. The van der Waals surface area contributed by atoms with E-state index < -0.39 is 0 Å². The Bertz CT molecular complexity index is 983. The summed E-state index contributed by atoms with van der Waals surface area (Å²) in [6.07, 6.45) is 1.90. The van der Waals surface area contributed by atoms with Crippen molar-refractivity contribution in [3.8, 4) is 0 Å². The van der Waals surface area contributed by atoms with Gasteiger partial charge in [0, 0.05) is 22.4 Å². The molecule has 5 heteroatoms. The number of rotatable bonds is 0. The van der Waals surface area contributed by atoms with Gasteiger partial charge in [-0.3, -0.25) is 4.98 Å². The SMILES string of the molecule is Brc1nc(Br)c2ccc3ncc4ccccc4c3c2n1. The molecular weight excluding hydrogens is 382 g/mol. The number of halogens is 2. The highest BCUT2D eigenvalue weighted by Gasteiger charge is 2.11. The zero-order chi connectivity index (χ0) is 13.7. The van der Waals surface area contributed by atoms with Crippen molar-refractivity contribution in [3.63, 3.8) is 0 Å². The Kier molecular flexibility index (Phi) is 2.72. The van der Waals surface area contributed by atoms with E-state index in [9.17, 15) is 0 Å². The average molecular weight is 389 g/mol. The summed E-state index contributed by atoms with van der Waals surface area (Å²) in [4.78, 5) is 13.4. The lowest BCUT2D eigenvalue weighted by atomic mass is 10.0. The molecule has 4 aromatic rings. The predicted octanol–water partition coefficient (Wildman–Crippen LogP) is 4.86. The van der Waals surface area contributed by atoms with Gasteiger partial charge in [-0.05, 0) is 49.4 Å². The molecule has 0 saturated heterocycles. The third-order valence-electron chi connectivity index (χ3n) is 3.35. The monoisotopic (exact) mass is 387 g/mol. The van der Waals surface area contributed by atoms with Crippen LogP contribution in [0.4, 0.5) is 0 Å². The molecular formula is C15H7Br2N3. The molecule has 0 aliphatic rings. The van der Waals surface area contributed by atoms with Crippen molar-refractivity contribution in [1.29, 1.82) is 0 Å². The first kappa shape index (κ1) is 12.2. The van der Waals surface area contributed by atoms with E-state index in [2.05, 4.69) is 58.9 Å². The lowest BCUT2D eigenvalue weighted by Gasteiger charge is -2.07. The summed E-state index contributed by atoms with van der Waals surface area (Å²) in [6, 6.07) is 12.2. The Morgan fingerprint density at radius 3 is 2.60 bits per heavy atom. The zero-order valence-electron chi connectivity index (χ0n) is 10.1. The number of benzene rings is 2. The summed E-state index contributed by atoms with van der Waals surface area (Å²) in [5.41, 5.74) is 1.84. The number of aromatic nitrogens is 3. The first-order valence-corrected chi connectivity index (χ1v) is 7.62. The quantitative estimate of drug-likeness (QED) is 0.245. The Morgan fingerprint density at radius 2 is 1.70 bits per heavy atom. The molecule has 0 aliphatic heterocycles. The van der Waals surface area contributed by atoms with Gasteiger partial charge < -0.3 is 0 Å². The maximum absolute atomic E-state index is 4.55. The third kappa shape index (κ3) is 1.73. The van der Waals surface area contributed by atoms with Gasteiger partial charge in [0.15, 0.2) is 4.73 Å². The molecule has 0 radical (unpaired) electrons. The fraction of sp³-hybridized carbons (Fsp3) is 0. The van der Waals surface area contributed by atoms with Gasteiger partial charge >= 0.3 is 0 Å². The number of hydrogen-bond acceptors (Lipinski definition) is 3. The Balaban J connectivity index is 2.36. The fourth-order valence-electron chi connectivity index (χ4n) is 2.47. The summed E-state index contributed by atoms with van der Waals surface area (Å²) in [7, 11) is 0. The molecule has 4 rings (SSSR count). The van der Waals surface area contributed by atoms with Crippen LogP contribution in [-0.4, -0.2) is 15.0 Å². The van der Waals surface area contributed by atoms with Crippen molar-refractivity contribution >= 4 is 64.4 Å². The molecule has 2 aromatic carbocycles. The van der Waals surface area contributed by atoms with Crippen molar-refractivity contribution < 1.29 is 0 Å². The first-order chi connectivity index (χ1) is 9.74. The lowest BCUT2D eigenvalue weighted by molar-refractivity contribution is 1.14. The highest BCUT2D eigenvalue weighted by molar-refractivity contribution is 9.11. The second-order valence-corrected chi connectivity index (χ2v) is 5.95. The van der Waals surface area contributed by atoms with Crippen molar-refractivity contribution in [2.45, 2.75) is 0 Å². The summed E-state index contributed by atoms with van der Waals surface area (Å²) >= 11 is 6.86. The molecule has 3 nitrogen and oxygen atoms in total. The fourth-order valence-corrected chi connectivity index (χ4v) is 3.55. The molecule has 2 heterocycles. The summed E-state index contributed by atoms with van der Waals surface area (Å²) in [6.45, 7) is 0. The van der Waals surface area contributed by atoms with Crippen LogP contribution in [-0.2, 0) is 0 Å². The van der Waals surface area contributed by atoms with Crippen LogP contribution in [0.25, 0.3) is 32.6 Å². The second kappa shape index (κ2) is 4.46. The normalized spacial score (nSPS) is 11.5. The average Bonchev–Trinajstić information content (AvgIpc) is 2.46. The molecule has 0 atom stereocenters. The van der Waals surface area contributed by atoms with Gasteiger partial charge in [-0.15, -0.1) is 0 Å². The molecule has 0 amide bonds. The Morgan fingerprint density at radius 1 is 0.850 bits per heavy atom. The number of fused-ring (bicyclic) bond motifs is 5. The van der Waals surface area contributed by atoms with E-state index in [0.29, 0.717) is 4.73 Å². The molecule has 0 N–H and O–H groups in total. The summed E-state index contributed by atoms with van der Waals surface area (Å²) in [5, 5.41) is 4.31. The molecule has 96 valence electrons. The molecule has 0 aliphatic carbocycles. The van der Waals surface area contributed by atoms with Gasteiger partial charge in [-0.2, -0.15) is 0 Å². The molecule has 0 bridgehead atoms. The Labute approximate surface area is 131 Å². The van der Waals surface area contributed by atoms with E-state index in [0.717, 1.165) is 37.2 Å². The van der Waals surface area contributed by atoms with Crippen LogP contribution in [0.2, 0.25) is 0 Å². The van der Waals surface area contributed by atoms with Crippen LogP contribution in [0.5, 0.6) is 0 Å².